The van der Waals surface area contributed by atoms with Crippen LogP contribution in [0, 0.1) is 0 Å². The summed E-state index contributed by atoms with van der Waals surface area (Å²) in [6.07, 6.45) is 5.38. The Hall–Kier alpha value is -0.610. The van der Waals surface area contributed by atoms with Crippen LogP contribution in [0.3, 0.4) is 0 Å². The maximum absolute atomic E-state index is 11.3. The summed E-state index contributed by atoms with van der Waals surface area (Å²) in [5, 5.41) is 9.25. The van der Waals surface area contributed by atoms with Gasteiger partial charge in [0, 0.05) is 7.11 Å². The first-order chi connectivity index (χ1) is 7.21. The van der Waals surface area contributed by atoms with Crippen molar-refractivity contribution >= 4 is 5.97 Å². The zero-order chi connectivity index (χ0) is 11.1. The number of methoxy groups -OCH3 is 1. The van der Waals surface area contributed by atoms with Crippen LogP contribution in [0.4, 0.5) is 0 Å². The highest BCUT2D eigenvalue weighted by atomic mass is 16.5. The lowest BCUT2D eigenvalue weighted by Crippen LogP contribution is -2.42. The van der Waals surface area contributed by atoms with E-state index in [1.807, 2.05) is 0 Å². The van der Waals surface area contributed by atoms with E-state index < -0.39 is 11.6 Å². The second-order valence-corrected chi connectivity index (χ2v) is 4.05. The highest BCUT2D eigenvalue weighted by molar-refractivity contribution is 5.77. The summed E-state index contributed by atoms with van der Waals surface area (Å²) >= 11 is 0. The largest absolute Gasteiger partial charge is 0.479 e. The first-order valence-corrected chi connectivity index (χ1v) is 5.57. The molecule has 88 valence electrons. The molecule has 0 aromatic rings. The van der Waals surface area contributed by atoms with Gasteiger partial charge in [-0.25, -0.2) is 4.79 Å². The van der Waals surface area contributed by atoms with E-state index in [1.165, 1.54) is 0 Å². The van der Waals surface area contributed by atoms with E-state index in [1.54, 1.807) is 7.11 Å². The van der Waals surface area contributed by atoms with Crippen LogP contribution in [-0.2, 0) is 14.3 Å². The fourth-order valence-electron chi connectivity index (χ4n) is 2.04. The Labute approximate surface area is 90.6 Å². The number of carbonyl (C=O) groups is 1. The van der Waals surface area contributed by atoms with E-state index in [0.717, 1.165) is 25.7 Å². The third kappa shape index (κ3) is 3.47. The molecule has 0 spiro atoms. The van der Waals surface area contributed by atoms with Crippen LogP contribution >= 0.6 is 0 Å². The molecule has 1 rings (SSSR count). The van der Waals surface area contributed by atoms with Crippen LogP contribution in [-0.4, -0.2) is 37.0 Å². The molecule has 0 saturated heterocycles. The van der Waals surface area contributed by atoms with Crippen molar-refractivity contribution in [2.75, 3.05) is 20.3 Å². The maximum atomic E-state index is 11.3. The zero-order valence-electron chi connectivity index (χ0n) is 9.33. The SMILES string of the molecule is COCCOC1(C(=O)O)CCCCCC1. The van der Waals surface area contributed by atoms with Crippen LogP contribution in [0.2, 0.25) is 0 Å². The van der Waals surface area contributed by atoms with Gasteiger partial charge in [0.2, 0.25) is 0 Å². The number of carboxylic acid groups (broad SMARTS) is 1. The smallest absolute Gasteiger partial charge is 0.335 e. The van der Waals surface area contributed by atoms with Crippen LogP contribution in [0.1, 0.15) is 38.5 Å². The number of carboxylic acids is 1. The molecule has 0 aromatic carbocycles. The Kier molecular flexibility index (Phi) is 5.05. The van der Waals surface area contributed by atoms with Crippen molar-refractivity contribution < 1.29 is 19.4 Å². The Morgan fingerprint density at radius 2 is 1.80 bits per heavy atom. The summed E-state index contributed by atoms with van der Waals surface area (Å²) in [6.45, 7) is 0.817. The molecule has 4 nitrogen and oxygen atoms in total. The molecule has 0 aliphatic heterocycles. The van der Waals surface area contributed by atoms with Crippen molar-refractivity contribution in [2.45, 2.75) is 44.1 Å². The minimum absolute atomic E-state index is 0.364. The quantitative estimate of drug-likeness (QED) is 0.562. The molecule has 0 radical (unpaired) electrons. The zero-order valence-corrected chi connectivity index (χ0v) is 9.33. The average molecular weight is 216 g/mol. The minimum atomic E-state index is -0.949. The van der Waals surface area contributed by atoms with Crippen LogP contribution in [0.25, 0.3) is 0 Å². The summed E-state index contributed by atoms with van der Waals surface area (Å²) in [6, 6.07) is 0. The highest BCUT2D eigenvalue weighted by Crippen LogP contribution is 2.30. The van der Waals surface area contributed by atoms with E-state index in [4.69, 9.17) is 9.47 Å². The van der Waals surface area contributed by atoms with Gasteiger partial charge in [-0.3, -0.25) is 0 Å². The van der Waals surface area contributed by atoms with Gasteiger partial charge in [0.05, 0.1) is 13.2 Å². The lowest BCUT2D eigenvalue weighted by molar-refractivity contribution is -0.169. The Morgan fingerprint density at radius 3 is 2.27 bits per heavy atom. The van der Waals surface area contributed by atoms with E-state index in [2.05, 4.69) is 0 Å². The molecule has 1 aliphatic carbocycles. The van der Waals surface area contributed by atoms with Gasteiger partial charge < -0.3 is 14.6 Å². The molecule has 15 heavy (non-hydrogen) atoms. The van der Waals surface area contributed by atoms with E-state index in [-0.39, 0.29) is 0 Å². The predicted molar refractivity (Wildman–Crippen MR) is 55.9 cm³/mol. The molecule has 1 saturated carbocycles. The summed E-state index contributed by atoms with van der Waals surface area (Å²) in [4.78, 5) is 11.3. The maximum Gasteiger partial charge on any atom is 0.335 e. The molecular weight excluding hydrogens is 196 g/mol. The molecule has 0 aromatic heterocycles. The summed E-state index contributed by atoms with van der Waals surface area (Å²) in [7, 11) is 1.59. The van der Waals surface area contributed by atoms with Crippen LogP contribution in [0.5, 0.6) is 0 Å². The summed E-state index contributed by atoms with van der Waals surface area (Å²) in [5.41, 5.74) is -0.949. The number of hydrogen-bond acceptors (Lipinski definition) is 3. The fraction of sp³-hybridized carbons (Fsp3) is 0.909. The van der Waals surface area contributed by atoms with Gasteiger partial charge >= 0.3 is 5.97 Å². The number of hydrogen-bond donors (Lipinski definition) is 1. The molecule has 0 unspecified atom stereocenters. The molecule has 4 heteroatoms. The van der Waals surface area contributed by atoms with Crippen molar-refractivity contribution in [1.29, 1.82) is 0 Å². The average Bonchev–Trinajstić information content (AvgIpc) is 2.45. The Balaban J connectivity index is 2.55. The first-order valence-electron chi connectivity index (χ1n) is 5.57. The van der Waals surface area contributed by atoms with Gasteiger partial charge in [0.15, 0.2) is 5.60 Å². The van der Waals surface area contributed by atoms with E-state index >= 15 is 0 Å². The monoisotopic (exact) mass is 216 g/mol. The van der Waals surface area contributed by atoms with Crippen molar-refractivity contribution in [3.63, 3.8) is 0 Å². The molecule has 0 heterocycles. The van der Waals surface area contributed by atoms with Crippen LogP contribution < -0.4 is 0 Å². The lowest BCUT2D eigenvalue weighted by atomic mass is 9.94. The normalized spacial score (nSPS) is 20.9. The molecule has 1 fully saturated rings. The molecule has 0 bridgehead atoms. The fourth-order valence-corrected chi connectivity index (χ4v) is 2.04. The topological polar surface area (TPSA) is 55.8 Å². The Morgan fingerprint density at radius 1 is 1.20 bits per heavy atom. The first kappa shape index (κ1) is 12.5. The van der Waals surface area contributed by atoms with E-state index in [0.29, 0.717) is 26.1 Å². The number of ether oxygens (including phenoxy) is 2. The van der Waals surface area contributed by atoms with Gasteiger partial charge in [-0.1, -0.05) is 12.8 Å². The van der Waals surface area contributed by atoms with Gasteiger partial charge in [-0.05, 0) is 25.7 Å². The second-order valence-electron chi connectivity index (χ2n) is 4.05. The molecule has 1 N–H and O–H groups in total. The Bertz CT molecular complexity index is 195. The summed E-state index contributed by atoms with van der Waals surface area (Å²) < 4.78 is 10.4. The van der Waals surface area contributed by atoms with Crippen LogP contribution in [0.15, 0.2) is 0 Å². The molecule has 0 amide bonds. The standard InChI is InChI=1S/C11H20O4/c1-14-8-9-15-11(10(12)13)6-4-2-3-5-7-11/h2-9H2,1H3,(H,12,13). The number of aliphatic carboxylic acids is 1. The summed E-state index contributed by atoms with van der Waals surface area (Å²) in [5.74, 6) is -0.819. The van der Waals surface area contributed by atoms with Gasteiger partial charge in [0.1, 0.15) is 0 Å². The predicted octanol–water partition coefficient (Wildman–Crippen LogP) is 1.83. The highest BCUT2D eigenvalue weighted by Gasteiger charge is 2.39. The lowest BCUT2D eigenvalue weighted by Gasteiger charge is -2.28. The molecule has 0 atom stereocenters. The van der Waals surface area contributed by atoms with Gasteiger partial charge in [0.25, 0.3) is 0 Å². The van der Waals surface area contributed by atoms with Crippen molar-refractivity contribution in [2.24, 2.45) is 0 Å². The molecule has 1 aliphatic rings. The minimum Gasteiger partial charge on any atom is -0.479 e. The van der Waals surface area contributed by atoms with Gasteiger partial charge in [-0.15, -0.1) is 0 Å². The number of rotatable bonds is 5. The second kappa shape index (κ2) is 6.08. The van der Waals surface area contributed by atoms with Crippen molar-refractivity contribution in [1.82, 2.24) is 0 Å². The third-order valence-corrected chi connectivity index (χ3v) is 2.97. The van der Waals surface area contributed by atoms with Crippen molar-refractivity contribution in [3.05, 3.63) is 0 Å². The molecular formula is C11H20O4. The van der Waals surface area contributed by atoms with Crippen molar-refractivity contribution in [3.8, 4) is 0 Å². The van der Waals surface area contributed by atoms with Gasteiger partial charge in [-0.2, -0.15) is 0 Å². The third-order valence-electron chi connectivity index (χ3n) is 2.97. The van der Waals surface area contributed by atoms with E-state index in [9.17, 15) is 9.90 Å².